The van der Waals surface area contributed by atoms with Crippen molar-refractivity contribution in [3.05, 3.63) is 71.8 Å². The normalized spacial score (nSPS) is 16.3. The van der Waals surface area contributed by atoms with Gasteiger partial charge in [0.15, 0.2) is 5.16 Å². The third kappa shape index (κ3) is 4.83. The number of hydrogen-bond donors (Lipinski definition) is 1. The van der Waals surface area contributed by atoms with Crippen LogP contribution in [0, 0.1) is 0 Å². The third-order valence-electron chi connectivity index (χ3n) is 6.10. The first-order chi connectivity index (χ1) is 15.8. The number of carbonyl (C=O) groups is 1. The van der Waals surface area contributed by atoms with Gasteiger partial charge in [0.2, 0.25) is 11.9 Å². The molecule has 5 rings (SSSR count). The fourth-order valence-corrected chi connectivity index (χ4v) is 5.12. The fraction of sp³-hybridized carbons (Fsp3) is 0.400. The van der Waals surface area contributed by atoms with E-state index < -0.39 is 0 Å². The van der Waals surface area contributed by atoms with E-state index in [0.717, 1.165) is 35.3 Å². The van der Waals surface area contributed by atoms with Crippen LogP contribution in [0.15, 0.2) is 65.8 Å². The molecule has 6 nitrogen and oxygen atoms in total. The van der Waals surface area contributed by atoms with Gasteiger partial charge in [-0.1, -0.05) is 72.4 Å². The number of carbonyl (C=O) groups excluding carboxylic acids is 1. The zero-order chi connectivity index (χ0) is 21.8. The van der Waals surface area contributed by atoms with Crippen LogP contribution in [0.4, 0.5) is 5.95 Å². The number of rotatable bonds is 8. The summed E-state index contributed by atoms with van der Waals surface area (Å²) in [5.74, 6) is 1.31. The molecule has 2 aromatic carbocycles. The molecule has 166 valence electrons. The standard InChI is InChI=1S/C25H29N5OS/c31-22(26-23(19-10-4-1-5-11-19)20-12-6-2-7-13-20)18-32-25-28-27-24(30(25)21-14-15-21)29-16-8-3-9-17-29/h1-2,4-7,10-13,21,23H,3,8-9,14-18H2,(H,26,31). The average molecular weight is 448 g/mol. The molecule has 1 aliphatic carbocycles. The van der Waals surface area contributed by atoms with E-state index in [4.69, 9.17) is 0 Å². The molecule has 0 spiro atoms. The van der Waals surface area contributed by atoms with E-state index in [0.29, 0.717) is 11.8 Å². The minimum Gasteiger partial charge on any atom is -0.344 e. The van der Waals surface area contributed by atoms with Gasteiger partial charge in [0.1, 0.15) is 0 Å². The zero-order valence-corrected chi connectivity index (χ0v) is 19.0. The molecule has 7 heteroatoms. The van der Waals surface area contributed by atoms with Crippen molar-refractivity contribution in [2.24, 2.45) is 0 Å². The van der Waals surface area contributed by atoms with E-state index in [2.05, 4.69) is 49.2 Å². The maximum Gasteiger partial charge on any atom is 0.231 e. The topological polar surface area (TPSA) is 63.1 Å². The minimum absolute atomic E-state index is 0.00224. The van der Waals surface area contributed by atoms with Crippen molar-refractivity contribution >= 4 is 23.6 Å². The van der Waals surface area contributed by atoms with Crippen LogP contribution in [-0.2, 0) is 4.79 Å². The largest absolute Gasteiger partial charge is 0.344 e. The fourth-order valence-electron chi connectivity index (χ4n) is 4.31. The Bertz CT molecular complexity index is 990. The number of nitrogens with one attached hydrogen (secondary N) is 1. The van der Waals surface area contributed by atoms with Crippen molar-refractivity contribution < 1.29 is 4.79 Å². The molecule has 1 aliphatic heterocycles. The first-order valence-corrected chi connectivity index (χ1v) is 12.5. The van der Waals surface area contributed by atoms with Crippen molar-refractivity contribution in [2.45, 2.75) is 49.3 Å². The molecule has 32 heavy (non-hydrogen) atoms. The van der Waals surface area contributed by atoms with Crippen molar-refractivity contribution in [3.63, 3.8) is 0 Å². The average Bonchev–Trinajstić information content (AvgIpc) is 3.61. The van der Waals surface area contributed by atoms with Crippen molar-refractivity contribution in [2.75, 3.05) is 23.7 Å². The summed E-state index contributed by atoms with van der Waals surface area (Å²) in [6, 6.07) is 20.5. The maximum absolute atomic E-state index is 13.0. The molecule has 2 fully saturated rings. The van der Waals surface area contributed by atoms with E-state index in [1.807, 2.05) is 36.4 Å². The Hall–Kier alpha value is -2.80. The Labute approximate surface area is 193 Å². The number of hydrogen-bond acceptors (Lipinski definition) is 5. The molecule has 1 N–H and O–H groups in total. The first-order valence-electron chi connectivity index (χ1n) is 11.5. The zero-order valence-electron chi connectivity index (χ0n) is 18.2. The quantitative estimate of drug-likeness (QED) is 0.511. The number of nitrogens with zero attached hydrogens (tertiary/aromatic N) is 4. The maximum atomic E-state index is 13.0. The number of benzene rings is 2. The van der Waals surface area contributed by atoms with E-state index in [9.17, 15) is 4.79 Å². The highest BCUT2D eigenvalue weighted by molar-refractivity contribution is 7.99. The highest BCUT2D eigenvalue weighted by atomic mass is 32.2. The van der Waals surface area contributed by atoms with Crippen LogP contribution >= 0.6 is 11.8 Å². The summed E-state index contributed by atoms with van der Waals surface area (Å²) < 4.78 is 2.27. The minimum atomic E-state index is -0.171. The van der Waals surface area contributed by atoms with Crippen LogP contribution in [0.25, 0.3) is 0 Å². The Morgan fingerprint density at radius 2 is 1.56 bits per heavy atom. The molecule has 0 atom stereocenters. The Morgan fingerprint density at radius 1 is 0.938 bits per heavy atom. The third-order valence-corrected chi connectivity index (χ3v) is 7.04. The summed E-state index contributed by atoms with van der Waals surface area (Å²) in [6.45, 7) is 2.09. The molecule has 1 saturated heterocycles. The predicted molar refractivity (Wildman–Crippen MR) is 128 cm³/mol. The molecule has 1 amide bonds. The SMILES string of the molecule is O=C(CSc1nnc(N2CCCCC2)n1C1CC1)NC(c1ccccc1)c1ccccc1. The van der Waals surface area contributed by atoms with E-state index >= 15 is 0 Å². The van der Waals surface area contributed by atoms with Gasteiger partial charge in [-0.15, -0.1) is 10.2 Å². The van der Waals surface area contributed by atoms with Crippen LogP contribution in [-0.4, -0.2) is 39.5 Å². The van der Waals surface area contributed by atoms with Gasteiger partial charge in [0.05, 0.1) is 11.8 Å². The second-order valence-corrected chi connectivity index (χ2v) is 9.48. The van der Waals surface area contributed by atoms with Gasteiger partial charge in [0.25, 0.3) is 0 Å². The molecule has 1 saturated carbocycles. The van der Waals surface area contributed by atoms with E-state index in [1.54, 1.807) is 0 Å². The summed E-state index contributed by atoms with van der Waals surface area (Å²) in [5, 5.41) is 13.1. The lowest BCUT2D eigenvalue weighted by molar-refractivity contribution is -0.119. The molecule has 0 unspecified atom stereocenters. The van der Waals surface area contributed by atoms with Crippen LogP contribution in [0.5, 0.6) is 0 Å². The van der Waals surface area contributed by atoms with Crippen molar-refractivity contribution in [1.82, 2.24) is 20.1 Å². The Balaban J connectivity index is 1.28. The number of piperidine rings is 1. The lowest BCUT2D eigenvalue weighted by Crippen LogP contribution is -2.32. The van der Waals surface area contributed by atoms with Gasteiger partial charge in [-0.3, -0.25) is 9.36 Å². The highest BCUT2D eigenvalue weighted by Gasteiger charge is 2.32. The van der Waals surface area contributed by atoms with Gasteiger partial charge in [0, 0.05) is 19.1 Å². The monoisotopic (exact) mass is 447 g/mol. The van der Waals surface area contributed by atoms with Crippen LogP contribution in [0.2, 0.25) is 0 Å². The van der Waals surface area contributed by atoms with E-state index in [1.165, 1.54) is 43.9 Å². The van der Waals surface area contributed by atoms with Gasteiger partial charge in [-0.05, 0) is 43.2 Å². The molecular weight excluding hydrogens is 418 g/mol. The molecule has 3 aromatic rings. The van der Waals surface area contributed by atoms with Crippen molar-refractivity contribution in [3.8, 4) is 0 Å². The van der Waals surface area contributed by atoms with Gasteiger partial charge >= 0.3 is 0 Å². The number of aromatic nitrogens is 3. The number of anilines is 1. The predicted octanol–water partition coefficient (Wildman–Crippen LogP) is 4.60. The lowest BCUT2D eigenvalue weighted by atomic mass is 9.99. The molecule has 2 aliphatic rings. The molecule has 0 bridgehead atoms. The summed E-state index contributed by atoms with van der Waals surface area (Å²) in [4.78, 5) is 15.3. The van der Waals surface area contributed by atoms with Gasteiger partial charge in [-0.2, -0.15) is 0 Å². The van der Waals surface area contributed by atoms with E-state index in [-0.39, 0.29) is 11.9 Å². The molecular formula is C25H29N5OS. The summed E-state index contributed by atoms with van der Waals surface area (Å²) >= 11 is 1.49. The highest BCUT2D eigenvalue weighted by Crippen LogP contribution is 2.41. The summed E-state index contributed by atoms with van der Waals surface area (Å²) in [5.41, 5.74) is 2.15. The summed E-state index contributed by atoms with van der Waals surface area (Å²) in [6.07, 6.45) is 6.05. The summed E-state index contributed by atoms with van der Waals surface area (Å²) in [7, 11) is 0. The molecule has 1 aromatic heterocycles. The Morgan fingerprint density at radius 3 is 2.16 bits per heavy atom. The van der Waals surface area contributed by atoms with Crippen LogP contribution in [0.3, 0.4) is 0 Å². The Kier molecular flexibility index (Phi) is 6.44. The second-order valence-electron chi connectivity index (χ2n) is 8.54. The second kappa shape index (κ2) is 9.77. The smallest absolute Gasteiger partial charge is 0.231 e. The number of thioether (sulfide) groups is 1. The van der Waals surface area contributed by atoms with Crippen LogP contribution < -0.4 is 10.2 Å². The van der Waals surface area contributed by atoms with Crippen molar-refractivity contribution in [1.29, 1.82) is 0 Å². The molecule has 0 radical (unpaired) electrons. The van der Waals surface area contributed by atoms with Gasteiger partial charge < -0.3 is 10.2 Å². The van der Waals surface area contributed by atoms with Crippen LogP contribution in [0.1, 0.15) is 55.3 Å². The number of amides is 1. The molecule has 2 heterocycles. The lowest BCUT2D eigenvalue weighted by Gasteiger charge is -2.27. The first kappa shape index (κ1) is 21.1. The van der Waals surface area contributed by atoms with Gasteiger partial charge in [-0.25, -0.2) is 0 Å².